The maximum atomic E-state index is 10.0. The topological polar surface area (TPSA) is 50.0 Å². The highest BCUT2D eigenvalue weighted by molar-refractivity contribution is 5.80. The fourth-order valence-corrected chi connectivity index (χ4v) is 4.03. The lowest BCUT2D eigenvalue weighted by Crippen LogP contribution is -3.10. The van der Waals surface area contributed by atoms with E-state index in [1.54, 1.807) is 24.1 Å². The monoisotopic (exact) mass is 380 g/mol. The second-order valence-electron chi connectivity index (χ2n) is 7.70. The van der Waals surface area contributed by atoms with Gasteiger partial charge in [0.05, 0.1) is 51.5 Å². The maximum Gasteiger partial charge on any atom is 0.214 e. The molecule has 0 bridgehead atoms. The number of hydrogen-bond acceptors (Lipinski definition) is 3. The lowest BCUT2D eigenvalue weighted by atomic mass is 10.0. The molecule has 3 aromatic rings. The maximum absolute atomic E-state index is 10.0. The molecule has 1 fully saturated rings. The van der Waals surface area contributed by atoms with Crippen LogP contribution in [-0.2, 0) is 0 Å². The Morgan fingerprint density at radius 2 is 1.79 bits per heavy atom. The summed E-state index contributed by atoms with van der Waals surface area (Å²) in [4.78, 5) is 1.59. The lowest BCUT2D eigenvalue weighted by Gasteiger charge is -2.23. The second kappa shape index (κ2) is 7.68. The Hall–Kier alpha value is -2.79. The van der Waals surface area contributed by atoms with Gasteiger partial charge < -0.3 is 19.2 Å². The van der Waals surface area contributed by atoms with Gasteiger partial charge in [0.2, 0.25) is 5.36 Å². The lowest BCUT2D eigenvalue weighted by molar-refractivity contribution is -0.885. The zero-order valence-corrected chi connectivity index (χ0v) is 16.7. The van der Waals surface area contributed by atoms with Crippen molar-refractivity contribution in [2.24, 2.45) is 0 Å². The van der Waals surface area contributed by atoms with E-state index < -0.39 is 0 Å². The van der Waals surface area contributed by atoms with E-state index >= 15 is 0 Å². The van der Waals surface area contributed by atoms with Crippen molar-refractivity contribution in [2.45, 2.75) is 18.9 Å². The molecule has 28 heavy (non-hydrogen) atoms. The third-order valence-electron chi connectivity index (χ3n) is 5.84. The average molecular weight is 380 g/mol. The van der Waals surface area contributed by atoms with Crippen LogP contribution in [0.3, 0.4) is 0 Å². The smallest absolute Gasteiger partial charge is 0.214 e. The molecule has 1 aliphatic rings. The number of methoxy groups -OCH3 is 1. The molecule has 0 amide bonds. The second-order valence-corrected chi connectivity index (χ2v) is 7.70. The van der Waals surface area contributed by atoms with Crippen LogP contribution < -0.4 is 19.6 Å². The van der Waals surface area contributed by atoms with Crippen LogP contribution >= 0.6 is 0 Å². The molecule has 146 valence electrons. The van der Waals surface area contributed by atoms with Crippen molar-refractivity contribution in [3.63, 3.8) is 0 Å². The van der Waals surface area contributed by atoms with Crippen LogP contribution in [0.15, 0.2) is 52.9 Å². The van der Waals surface area contributed by atoms with Crippen LogP contribution in [0.2, 0.25) is 0 Å². The van der Waals surface area contributed by atoms with Gasteiger partial charge in [0.1, 0.15) is 29.9 Å². The summed E-state index contributed by atoms with van der Waals surface area (Å²) in [7, 11) is 6.08. The van der Waals surface area contributed by atoms with Gasteiger partial charge in [-0.3, -0.25) is 0 Å². The Kier molecular flexibility index (Phi) is 5.09. The van der Waals surface area contributed by atoms with Crippen molar-refractivity contribution < 1.29 is 19.2 Å². The molecule has 0 radical (unpaired) electrons. The molecule has 0 unspecified atom stereocenters. The standard InChI is InChI=1S/C23H26N2O3/c1-24-12-10-17(11-13-24)25(2)21-15-23(16-4-7-19(27-3)8-5-16)28-22-9-6-18(26)14-20(21)22/h4-9,14-15,17H,10-13H2,1-3H3/p+2. The van der Waals surface area contributed by atoms with Gasteiger partial charge in [0, 0.05) is 5.56 Å². The van der Waals surface area contributed by atoms with Crippen molar-refractivity contribution in [1.82, 2.24) is 4.58 Å². The number of ether oxygens (including phenoxy) is 1. The summed E-state index contributed by atoms with van der Waals surface area (Å²) < 4.78 is 13.8. The third-order valence-corrected chi connectivity index (χ3v) is 5.84. The first-order chi connectivity index (χ1) is 13.5. The molecule has 2 N–H and O–H groups in total. The number of rotatable bonds is 3. The molecule has 1 aliphatic heterocycles. The van der Waals surface area contributed by atoms with Crippen molar-refractivity contribution >= 4 is 11.0 Å². The van der Waals surface area contributed by atoms with Crippen LogP contribution in [-0.4, -0.2) is 45.4 Å². The Morgan fingerprint density at radius 1 is 1.07 bits per heavy atom. The number of aromatic hydroxyl groups is 1. The van der Waals surface area contributed by atoms with E-state index in [2.05, 4.69) is 24.7 Å². The van der Waals surface area contributed by atoms with Crippen molar-refractivity contribution in [3.8, 4) is 22.8 Å². The SMILES string of the molecule is COc1ccc(-c2cc(=[N+](C)C3CC[NH+](C)CC3)c3cc(O)ccc3o2)cc1. The average Bonchev–Trinajstić information content (AvgIpc) is 2.73. The fraction of sp³-hybridized carbons (Fsp3) is 0.348. The van der Waals surface area contributed by atoms with Gasteiger partial charge in [0.15, 0.2) is 6.04 Å². The van der Waals surface area contributed by atoms with Crippen LogP contribution in [0.5, 0.6) is 11.5 Å². The minimum atomic E-state index is 0.252. The fourth-order valence-electron chi connectivity index (χ4n) is 4.03. The molecule has 1 aromatic heterocycles. The zero-order valence-electron chi connectivity index (χ0n) is 16.7. The summed E-state index contributed by atoms with van der Waals surface area (Å²) >= 11 is 0. The predicted molar refractivity (Wildman–Crippen MR) is 111 cm³/mol. The van der Waals surface area contributed by atoms with Crippen LogP contribution in [0, 0.1) is 0 Å². The molecule has 5 heteroatoms. The number of nitrogens with one attached hydrogen (secondary N) is 1. The van der Waals surface area contributed by atoms with Crippen molar-refractivity contribution in [3.05, 3.63) is 53.9 Å². The van der Waals surface area contributed by atoms with Crippen LogP contribution in [0.4, 0.5) is 0 Å². The number of piperidine rings is 1. The molecule has 4 rings (SSSR count). The van der Waals surface area contributed by atoms with E-state index in [0.717, 1.165) is 46.2 Å². The van der Waals surface area contributed by atoms with Crippen molar-refractivity contribution in [1.29, 1.82) is 0 Å². The number of phenolic OH excluding ortho intramolecular Hbond substituents is 1. The van der Waals surface area contributed by atoms with E-state index in [1.807, 2.05) is 30.3 Å². The summed E-state index contributed by atoms with van der Waals surface area (Å²) in [6.45, 7) is 2.36. The summed E-state index contributed by atoms with van der Waals surface area (Å²) in [6.07, 6.45) is 2.32. The molecule has 0 aliphatic carbocycles. The molecule has 0 spiro atoms. The first kappa shape index (κ1) is 18.6. The van der Waals surface area contributed by atoms with E-state index in [1.165, 1.54) is 13.1 Å². The Labute approximate surface area is 165 Å². The van der Waals surface area contributed by atoms with Crippen LogP contribution in [0.25, 0.3) is 22.3 Å². The molecule has 0 atom stereocenters. The Balaban J connectivity index is 1.89. The van der Waals surface area contributed by atoms with E-state index in [9.17, 15) is 5.11 Å². The summed E-state index contributed by atoms with van der Waals surface area (Å²) in [5, 5.41) is 12.1. The highest BCUT2D eigenvalue weighted by atomic mass is 16.5. The number of hydrogen-bond donors (Lipinski definition) is 2. The van der Waals surface area contributed by atoms with E-state index in [4.69, 9.17) is 9.15 Å². The number of benzene rings is 2. The summed E-state index contributed by atoms with van der Waals surface area (Å²) in [5.74, 6) is 1.88. The molecule has 0 saturated carbocycles. The first-order valence-electron chi connectivity index (χ1n) is 9.83. The Morgan fingerprint density at radius 3 is 2.46 bits per heavy atom. The van der Waals surface area contributed by atoms with Gasteiger partial charge in [-0.1, -0.05) is 0 Å². The van der Waals surface area contributed by atoms with Crippen LogP contribution in [0.1, 0.15) is 12.8 Å². The normalized spacial score (nSPS) is 20.8. The molecule has 1 saturated heterocycles. The largest absolute Gasteiger partial charge is 0.508 e. The predicted octanol–water partition coefficient (Wildman–Crippen LogP) is 1.89. The zero-order chi connectivity index (χ0) is 19.7. The van der Waals surface area contributed by atoms with Gasteiger partial charge >= 0.3 is 0 Å². The third kappa shape index (κ3) is 3.62. The molecule has 2 aromatic carbocycles. The number of nitrogens with zero attached hydrogens (tertiary/aromatic N) is 1. The van der Waals surface area contributed by atoms with Crippen molar-refractivity contribution in [2.75, 3.05) is 34.3 Å². The van der Waals surface area contributed by atoms with E-state index in [0.29, 0.717) is 6.04 Å². The molecule has 2 heterocycles. The highest BCUT2D eigenvalue weighted by Gasteiger charge is 2.27. The molecular formula is C23H28N2O3+2. The van der Waals surface area contributed by atoms with Gasteiger partial charge in [-0.25, -0.2) is 4.58 Å². The number of phenols is 1. The first-order valence-corrected chi connectivity index (χ1v) is 9.83. The quantitative estimate of drug-likeness (QED) is 0.683. The van der Waals surface area contributed by atoms with Gasteiger partial charge in [-0.2, -0.15) is 0 Å². The van der Waals surface area contributed by atoms with Gasteiger partial charge in [0.25, 0.3) is 0 Å². The Bertz CT molecular complexity index is 1050. The highest BCUT2D eigenvalue weighted by Crippen LogP contribution is 2.26. The number of likely N-dealkylation sites (tertiary alicyclic amines) is 1. The minimum Gasteiger partial charge on any atom is -0.508 e. The number of quaternary nitrogens is 1. The van der Waals surface area contributed by atoms with E-state index in [-0.39, 0.29) is 5.75 Å². The summed E-state index contributed by atoms with van der Waals surface area (Å²) in [6, 6.07) is 15.8. The van der Waals surface area contributed by atoms with Gasteiger partial charge in [-0.05, 0) is 42.5 Å². The molecular weight excluding hydrogens is 352 g/mol. The molecule has 5 nitrogen and oxygen atoms in total. The van der Waals surface area contributed by atoms with Gasteiger partial charge in [-0.15, -0.1) is 0 Å². The number of fused-ring (bicyclic) bond motifs is 1. The minimum absolute atomic E-state index is 0.252. The summed E-state index contributed by atoms with van der Waals surface area (Å²) in [5.41, 5.74) is 1.77.